The third kappa shape index (κ3) is 4.84. The summed E-state index contributed by atoms with van der Waals surface area (Å²) >= 11 is 1.51. The van der Waals surface area contributed by atoms with Crippen molar-refractivity contribution in [2.24, 2.45) is 0 Å². The molecule has 2 N–H and O–H groups in total. The highest BCUT2D eigenvalue weighted by Crippen LogP contribution is 2.44. The number of fused-ring (bicyclic) bond motifs is 1. The number of benzene rings is 1. The largest absolute Gasteiger partial charge is 0.497 e. The molecule has 0 fully saturated rings. The van der Waals surface area contributed by atoms with Gasteiger partial charge in [0.15, 0.2) is 0 Å². The first-order chi connectivity index (χ1) is 14.0. The van der Waals surface area contributed by atoms with Crippen LogP contribution < -0.4 is 15.4 Å². The van der Waals surface area contributed by atoms with Gasteiger partial charge < -0.3 is 15.4 Å². The van der Waals surface area contributed by atoms with Crippen molar-refractivity contribution in [1.29, 1.82) is 5.26 Å². The van der Waals surface area contributed by atoms with Crippen molar-refractivity contribution in [3.8, 4) is 11.8 Å². The molecule has 7 heteroatoms. The molecule has 0 saturated heterocycles. The van der Waals surface area contributed by atoms with Gasteiger partial charge in [0.25, 0.3) is 0 Å². The van der Waals surface area contributed by atoms with Gasteiger partial charge in [-0.2, -0.15) is 5.26 Å². The van der Waals surface area contributed by atoms with Gasteiger partial charge in [-0.05, 0) is 64.4 Å². The maximum Gasteiger partial charge on any atom is 0.239 e. The molecule has 0 radical (unpaired) electrons. The zero-order chi connectivity index (χ0) is 22.1. The van der Waals surface area contributed by atoms with Crippen LogP contribution in [-0.4, -0.2) is 37.0 Å². The number of amides is 1. The highest BCUT2D eigenvalue weighted by Gasteiger charge is 2.40. The average Bonchev–Trinajstić information content (AvgIpc) is 2.98. The second-order valence-electron chi connectivity index (χ2n) is 9.10. The molecule has 160 valence electrons. The molecule has 1 amide bonds. The van der Waals surface area contributed by atoms with Gasteiger partial charge in [0.2, 0.25) is 5.91 Å². The van der Waals surface area contributed by atoms with E-state index in [1.807, 2.05) is 36.2 Å². The number of ether oxygens (including phenoxy) is 1. The molecule has 0 saturated carbocycles. The lowest BCUT2D eigenvalue weighted by Gasteiger charge is -2.42. The van der Waals surface area contributed by atoms with Crippen LogP contribution in [0.1, 0.15) is 49.3 Å². The summed E-state index contributed by atoms with van der Waals surface area (Å²) in [6.45, 7) is 9.42. The molecular formula is C23H30N4O2S. The molecule has 2 aromatic rings. The van der Waals surface area contributed by atoms with Gasteiger partial charge in [0.1, 0.15) is 16.8 Å². The molecular weight excluding hydrogens is 396 g/mol. The lowest BCUT2D eigenvalue weighted by atomic mass is 9.81. The number of anilines is 1. The summed E-state index contributed by atoms with van der Waals surface area (Å²) in [5, 5.41) is 17.1. The third-order valence-corrected chi connectivity index (χ3v) is 6.71. The van der Waals surface area contributed by atoms with Crippen molar-refractivity contribution in [3.63, 3.8) is 0 Å². The molecule has 0 bridgehead atoms. The molecule has 1 aromatic heterocycles. The lowest BCUT2D eigenvalue weighted by molar-refractivity contribution is -0.117. The molecule has 0 unspecified atom stereocenters. The fraction of sp³-hybridized carbons (Fsp3) is 0.478. The first kappa shape index (κ1) is 22.3. The van der Waals surface area contributed by atoms with Crippen molar-refractivity contribution in [1.82, 2.24) is 10.2 Å². The Hall–Kier alpha value is -2.40. The Morgan fingerprint density at radius 2 is 1.97 bits per heavy atom. The number of carbonyl (C=O) groups excluding carboxylic acids is 1. The number of thiophene rings is 1. The van der Waals surface area contributed by atoms with E-state index in [4.69, 9.17) is 4.74 Å². The molecule has 30 heavy (non-hydrogen) atoms. The number of nitriles is 1. The summed E-state index contributed by atoms with van der Waals surface area (Å²) in [6, 6.07) is 10.1. The Morgan fingerprint density at radius 1 is 1.30 bits per heavy atom. The van der Waals surface area contributed by atoms with E-state index in [1.54, 1.807) is 7.11 Å². The quantitative estimate of drug-likeness (QED) is 0.733. The van der Waals surface area contributed by atoms with Gasteiger partial charge in [-0.1, -0.05) is 12.1 Å². The van der Waals surface area contributed by atoms with Crippen molar-refractivity contribution in [2.45, 2.75) is 51.7 Å². The standard InChI is InChI=1S/C23H30N4O2S/c1-22(2)11-17-18(12-24)21(30-20(17)23(3,4)26-22)25-19(28)14-27(5)13-15-7-9-16(29-6)10-8-15/h7-10,26H,11,13-14H2,1-6H3,(H,25,28). The number of nitrogens with one attached hydrogen (secondary N) is 2. The van der Waals surface area contributed by atoms with E-state index in [-0.39, 0.29) is 23.5 Å². The first-order valence-corrected chi connectivity index (χ1v) is 10.8. The summed E-state index contributed by atoms with van der Waals surface area (Å²) in [5.74, 6) is 0.691. The number of hydrogen-bond acceptors (Lipinski definition) is 6. The number of likely N-dealkylation sites (N-methyl/N-ethyl adjacent to an activating group) is 1. The minimum atomic E-state index is -0.249. The molecule has 2 heterocycles. The zero-order valence-corrected chi connectivity index (χ0v) is 19.4. The molecule has 0 atom stereocenters. The Kier molecular flexibility index (Phi) is 6.23. The zero-order valence-electron chi connectivity index (χ0n) is 18.5. The number of rotatable bonds is 6. The summed E-state index contributed by atoms with van der Waals surface area (Å²) < 4.78 is 5.18. The number of hydrogen-bond donors (Lipinski definition) is 2. The summed E-state index contributed by atoms with van der Waals surface area (Å²) in [5.41, 5.74) is 2.40. The van der Waals surface area contributed by atoms with E-state index in [0.29, 0.717) is 17.1 Å². The van der Waals surface area contributed by atoms with Crippen molar-refractivity contribution in [3.05, 3.63) is 45.8 Å². The minimum Gasteiger partial charge on any atom is -0.497 e. The molecule has 1 aliphatic heterocycles. The van der Waals surface area contributed by atoms with Crippen LogP contribution in [0.15, 0.2) is 24.3 Å². The normalized spacial score (nSPS) is 16.6. The van der Waals surface area contributed by atoms with Gasteiger partial charge in [0.05, 0.1) is 19.2 Å². The molecule has 0 aliphatic carbocycles. The van der Waals surface area contributed by atoms with Gasteiger partial charge in [-0.3, -0.25) is 9.69 Å². The maximum atomic E-state index is 12.7. The van der Waals surface area contributed by atoms with Gasteiger partial charge >= 0.3 is 0 Å². The number of methoxy groups -OCH3 is 1. The Labute approximate surface area is 182 Å². The second kappa shape index (κ2) is 8.38. The Bertz CT molecular complexity index is 970. The SMILES string of the molecule is COc1ccc(CN(C)CC(=O)Nc2sc3c(c2C#N)CC(C)(C)NC3(C)C)cc1. The van der Waals surface area contributed by atoms with Gasteiger partial charge in [-0.25, -0.2) is 0 Å². The summed E-state index contributed by atoms with van der Waals surface area (Å²) in [4.78, 5) is 15.8. The van der Waals surface area contributed by atoms with E-state index in [1.165, 1.54) is 11.3 Å². The molecule has 1 aromatic carbocycles. The number of nitrogens with zero attached hydrogens (tertiary/aromatic N) is 2. The predicted molar refractivity (Wildman–Crippen MR) is 121 cm³/mol. The van der Waals surface area contributed by atoms with Crippen LogP contribution in [0.2, 0.25) is 0 Å². The van der Waals surface area contributed by atoms with E-state index < -0.39 is 0 Å². The van der Waals surface area contributed by atoms with Crippen LogP contribution in [0.4, 0.5) is 5.00 Å². The van der Waals surface area contributed by atoms with Gasteiger partial charge in [-0.15, -0.1) is 11.3 Å². The summed E-state index contributed by atoms with van der Waals surface area (Å²) in [6.07, 6.45) is 0.762. The minimum absolute atomic E-state index is 0.108. The molecule has 6 nitrogen and oxygen atoms in total. The first-order valence-electron chi connectivity index (χ1n) is 10.0. The fourth-order valence-electron chi connectivity index (χ4n) is 4.24. The van der Waals surface area contributed by atoms with Crippen LogP contribution in [0.5, 0.6) is 5.75 Å². The highest BCUT2D eigenvalue weighted by molar-refractivity contribution is 7.17. The van der Waals surface area contributed by atoms with Crippen molar-refractivity contribution in [2.75, 3.05) is 26.0 Å². The van der Waals surface area contributed by atoms with E-state index in [2.05, 4.69) is 44.4 Å². The molecule has 3 rings (SSSR count). The second-order valence-corrected chi connectivity index (χ2v) is 10.1. The molecule has 0 spiro atoms. The maximum absolute atomic E-state index is 12.7. The highest BCUT2D eigenvalue weighted by atomic mass is 32.1. The monoisotopic (exact) mass is 426 g/mol. The molecule has 1 aliphatic rings. The third-order valence-electron chi connectivity index (χ3n) is 5.23. The fourth-order valence-corrected chi connectivity index (χ4v) is 5.49. The van der Waals surface area contributed by atoms with Gasteiger partial charge in [0, 0.05) is 22.5 Å². The summed E-state index contributed by atoms with van der Waals surface area (Å²) in [7, 11) is 3.55. The number of carbonyl (C=O) groups is 1. The Balaban J connectivity index is 1.71. The average molecular weight is 427 g/mol. The van der Waals surface area contributed by atoms with Crippen LogP contribution in [0, 0.1) is 11.3 Å². The van der Waals surface area contributed by atoms with E-state index in [9.17, 15) is 10.1 Å². The smallest absolute Gasteiger partial charge is 0.239 e. The van der Waals surface area contributed by atoms with Crippen LogP contribution in [0.25, 0.3) is 0 Å². The van der Waals surface area contributed by atoms with Crippen LogP contribution in [-0.2, 0) is 23.3 Å². The van der Waals surface area contributed by atoms with E-state index >= 15 is 0 Å². The Morgan fingerprint density at radius 3 is 2.57 bits per heavy atom. The van der Waals surface area contributed by atoms with E-state index in [0.717, 1.165) is 28.2 Å². The van der Waals surface area contributed by atoms with Crippen LogP contribution >= 0.6 is 11.3 Å². The van der Waals surface area contributed by atoms with Crippen molar-refractivity contribution < 1.29 is 9.53 Å². The van der Waals surface area contributed by atoms with Crippen LogP contribution in [0.3, 0.4) is 0 Å². The lowest BCUT2D eigenvalue weighted by Crippen LogP contribution is -2.54. The van der Waals surface area contributed by atoms with Crippen molar-refractivity contribution >= 4 is 22.2 Å². The topological polar surface area (TPSA) is 77.4 Å². The predicted octanol–water partition coefficient (Wildman–Crippen LogP) is 3.86.